The molecule has 0 aromatic carbocycles. The maximum absolute atomic E-state index is 4.19. The molecule has 0 fully saturated rings. The van der Waals surface area contributed by atoms with E-state index in [9.17, 15) is 0 Å². The lowest BCUT2D eigenvalue weighted by atomic mass is 10.2. The van der Waals surface area contributed by atoms with E-state index in [0.29, 0.717) is 6.42 Å². The molecule has 2 heterocycles. The number of rotatable bonds is 2. The highest BCUT2D eigenvalue weighted by Gasteiger charge is 1.96. The van der Waals surface area contributed by atoms with Crippen molar-refractivity contribution in [1.29, 1.82) is 0 Å². The minimum atomic E-state index is 0.696. The summed E-state index contributed by atoms with van der Waals surface area (Å²) in [5.41, 5.74) is 0.994. The van der Waals surface area contributed by atoms with Gasteiger partial charge in [0.2, 0.25) is 0 Å². The predicted molar refractivity (Wildman–Crippen MR) is 49.1 cm³/mol. The van der Waals surface area contributed by atoms with Crippen LogP contribution >= 0.6 is 0 Å². The van der Waals surface area contributed by atoms with Gasteiger partial charge < -0.3 is 0 Å². The molecule has 0 aliphatic rings. The second-order valence-electron chi connectivity index (χ2n) is 2.66. The third kappa shape index (κ3) is 2.08. The van der Waals surface area contributed by atoms with E-state index in [2.05, 4.69) is 15.0 Å². The summed E-state index contributed by atoms with van der Waals surface area (Å²) in [6.07, 6.45) is 5.95. The van der Waals surface area contributed by atoms with Gasteiger partial charge in [-0.2, -0.15) is 0 Å². The first-order valence-electron chi connectivity index (χ1n) is 4.11. The van der Waals surface area contributed by atoms with Crippen LogP contribution in [0.5, 0.6) is 0 Å². The molecule has 13 heavy (non-hydrogen) atoms. The molecule has 2 rings (SSSR count). The molecule has 0 bridgehead atoms. The fraction of sp³-hybridized carbons (Fsp3) is 0.100. The second-order valence-corrected chi connectivity index (χ2v) is 2.66. The average Bonchev–Trinajstić information content (AvgIpc) is 2.21. The summed E-state index contributed by atoms with van der Waals surface area (Å²) in [5.74, 6) is 0.807. The Bertz CT molecular complexity index is 321. The lowest BCUT2D eigenvalue weighted by Crippen LogP contribution is -1.96. The molecule has 0 aliphatic heterocycles. The van der Waals surface area contributed by atoms with Gasteiger partial charge in [-0.25, -0.2) is 9.97 Å². The largest absolute Gasteiger partial charge is 0.261 e. The summed E-state index contributed by atoms with van der Waals surface area (Å²) in [6, 6.07) is 7.64. The van der Waals surface area contributed by atoms with Gasteiger partial charge in [0, 0.05) is 30.7 Å². The van der Waals surface area contributed by atoms with Crippen molar-refractivity contribution in [1.82, 2.24) is 15.0 Å². The summed E-state index contributed by atoms with van der Waals surface area (Å²) in [6.45, 7) is 0. The maximum atomic E-state index is 4.19. The summed E-state index contributed by atoms with van der Waals surface area (Å²) < 4.78 is 0. The molecule has 0 spiro atoms. The van der Waals surface area contributed by atoms with Gasteiger partial charge in [0.15, 0.2) is 0 Å². The normalized spacial score (nSPS) is 9.85. The Morgan fingerprint density at radius 3 is 2.31 bits per heavy atom. The van der Waals surface area contributed by atoms with Crippen molar-refractivity contribution in [3.63, 3.8) is 0 Å². The quantitative estimate of drug-likeness (QED) is 0.686. The Kier molecular flexibility index (Phi) is 2.27. The lowest BCUT2D eigenvalue weighted by molar-refractivity contribution is 0.935. The van der Waals surface area contributed by atoms with Crippen molar-refractivity contribution in [2.45, 2.75) is 6.42 Å². The van der Waals surface area contributed by atoms with E-state index in [-0.39, 0.29) is 0 Å². The predicted octanol–water partition coefficient (Wildman–Crippen LogP) is 1.46. The first-order valence-corrected chi connectivity index (χ1v) is 4.11. The van der Waals surface area contributed by atoms with Crippen LogP contribution < -0.4 is 0 Å². The summed E-state index contributed by atoms with van der Waals surface area (Å²) in [7, 11) is 0. The van der Waals surface area contributed by atoms with Gasteiger partial charge >= 0.3 is 0 Å². The average molecular weight is 171 g/mol. The van der Waals surface area contributed by atoms with E-state index in [4.69, 9.17) is 0 Å². The van der Waals surface area contributed by atoms with Crippen LogP contribution in [0.25, 0.3) is 0 Å². The third-order valence-electron chi connectivity index (χ3n) is 1.68. The molecule has 0 radical (unpaired) electrons. The highest BCUT2D eigenvalue weighted by molar-refractivity contribution is 5.09. The van der Waals surface area contributed by atoms with Crippen LogP contribution in [-0.2, 0) is 6.42 Å². The molecule has 64 valence electrons. The van der Waals surface area contributed by atoms with Crippen molar-refractivity contribution >= 4 is 0 Å². The zero-order valence-corrected chi connectivity index (χ0v) is 7.09. The third-order valence-corrected chi connectivity index (χ3v) is 1.68. The Hall–Kier alpha value is -1.77. The molecule has 0 saturated heterocycles. The van der Waals surface area contributed by atoms with E-state index in [1.807, 2.05) is 24.3 Å². The minimum absolute atomic E-state index is 0.696. The van der Waals surface area contributed by atoms with Crippen LogP contribution in [0.4, 0.5) is 0 Å². The first kappa shape index (κ1) is 7.86. The van der Waals surface area contributed by atoms with Crippen molar-refractivity contribution in [2.24, 2.45) is 0 Å². The molecule has 0 amide bonds. The van der Waals surface area contributed by atoms with Gasteiger partial charge in [0.1, 0.15) is 5.82 Å². The van der Waals surface area contributed by atoms with Crippen LogP contribution in [0.1, 0.15) is 11.5 Å². The Balaban J connectivity index is 2.16. The van der Waals surface area contributed by atoms with Crippen LogP contribution in [0.15, 0.2) is 42.9 Å². The van der Waals surface area contributed by atoms with Gasteiger partial charge in [-0.05, 0) is 18.2 Å². The second kappa shape index (κ2) is 3.76. The zero-order chi connectivity index (χ0) is 8.93. The van der Waals surface area contributed by atoms with Crippen molar-refractivity contribution in [2.75, 3.05) is 0 Å². The molecule has 0 unspecified atom stereocenters. The van der Waals surface area contributed by atoms with E-state index >= 15 is 0 Å². The fourth-order valence-corrected chi connectivity index (χ4v) is 1.09. The molecule has 2 aromatic rings. The fourth-order valence-electron chi connectivity index (χ4n) is 1.09. The zero-order valence-electron chi connectivity index (χ0n) is 7.09. The summed E-state index contributed by atoms with van der Waals surface area (Å²) >= 11 is 0. The van der Waals surface area contributed by atoms with E-state index in [0.717, 1.165) is 11.5 Å². The van der Waals surface area contributed by atoms with Gasteiger partial charge in [-0.15, -0.1) is 0 Å². The van der Waals surface area contributed by atoms with Crippen molar-refractivity contribution < 1.29 is 0 Å². The monoisotopic (exact) mass is 171 g/mol. The van der Waals surface area contributed by atoms with Gasteiger partial charge in [-0.1, -0.05) is 6.07 Å². The van der Waals surface area contributed by atoms with Gasteiger partial charge in [-0.3, -0.25) is 4.98 Å². The van der Waals surface area contributed by atoms with Crippen LogP contribution in [0.2, 0.25) is 0 Å². The molecular formula is C10H9N3. The number of hydrogen-bond donors (Lipinski definition) is 0. The smallest absolute Gasteiger partial charge is 0.134 e. The van der Waals surface area contributed by atoms with E-state index < -0.39 is 0 Å². The molecule has 3 nitrogen and oxygen atoms in total. The molecular weight excluding hydrogens is 162 g/mol. The molecule has 0 N–H and O–H groups in total. The summed E-state index contributed by atoms with van der Waals surface area (Å²) in [4.78, 5) is 12.4. The van der Waals surface area contributed by atoms with Gasteiger partial charge in [0.25, 0.3) is 0 Å². The number of hydrogen-bond acceptors (Lipinski definition) is 3. The Labute approximate surface area is 76.5 Å². The first-order chi connectivity index (χ1) is 6.45. The molecule has 2 aromatic heterocycles. The van der Waals surface area contributed by atoms with Crippen molar-refractivity contribution in [3.8, 4) is 0 Å². The molecule has 0 aliphatic carbocycles. The van der Waals surface area contributed by atoms with Crippen LogP contribution in [0, 0.1) is 0 Å². The SMILES string of the molecule is c1ccc(Cc2ncccn2)nc1. The van der Waals surface area contributed by atoms with Crippen molar-refractivity contribution in [3.05, 3.63) is 54.4 Å². The van der Waals surface area contributed by atoms with Crippen LogP contribution in [-0.4, -0.2) is 15.0 Å². The number of aromatic nitrogens is 3. The highest BCUT2D eigenvalue weighted by atomic mass is 14.9. The molecule has 3 heteroatoms. The van der Waals surface area contributed by atoms with Crippen LogP contribution in [0.3, 0.4) is 0 Å². The lowest BCUT2D eigenvalue weighted by Gasteiger charge is -1.97. The Morgan fingerprint density at radius 2 is 1.62 bits per heavy atom. The van der Waals surface area contributed by atoms with E-state index in [1.165, 1.54) is 0 Å². The molecule has 0 saturated carbocycles. The maximum Gasteiger partial charge on any atom is 0.134 e. The van der Waals surface area contributed by atoms with Gasteiger partial charge in [0.05, 0.1) is 0 Å². The minimum Gasteiger partial charge on any atom is -0.261 e. The highest BCUT2D eigenvalue weighted by Crippen LogP contribution is 1.99. The topological polar surface area (TPSA) is 38.7 Å². The standard InChI is InChI=1S/C10H9N3/c1-2-5-11-9(4-1)8-10-12-6-3-7-13-10/h1-7H,8H2. The number of nitrogens with zero attached hydrogens (tertiary/aromatic N) is 3. The molecule has 0 atom stereocenters. The van der Waals surface area contributed by atoms with E-state index in [1.54, 1.807) is 18.6 Å². The number of pyridine rings is 1. The Morgan fingerprint density at radius 1 is 0.846 bits per heavy atom. The summed E-state index contributed by atoms with van der Waals surface area (Å²) in [5, 5.41) is 0.